The van der Waals surface area contributed by atoms with Gasteiger partial charge in [0.15, 0.2) is 17.4 Å². The molecule has 0 aromatic heterocycles. The molecule has 2 unspecified atom stereocenters. The molecule has 0 heterocycles. The summed E-state index contributed by atoms with van der Waals surface area (Å²) in [5, 5.41) is 0.897. The van der Waals surface area contributed by atoms with Gasteiger partial charge in [-0.1, -0.05) is 67.1 Å². The molecule has 0 saturated carbocycles. The van der Waals surface area contributed by atoms with Crippen LogP contribution in [0.5, 0.6) is 0 Å². The van der Waals surface area contributed by atoms with Gasteiger partial charge in [-0.15, -0.1) is 0 Å². The van der Waals surface area contributed by atoms with Crippen LogP contribution in [0.25, 0.3) is 0 Å². The first-order chi connectivity index (χ1) is 8.70. The van der Waals surface area contributed by atoms with Crippen LogP contribution < -0.4 is 0 Å². The van der Waals surface area contributed by atoms with Crippen LogP contribution in [-0.2, 0) is 4.12 Å². The summed E-state index contributed by atoms with van der Waals surface area (Å²) >= 11 is 0. The van der Waals surface area contributed by atoms with Gasteiger partial charge in [-0.05, 0) is 29.3 Å². The smallest absolute Gasteiger partial charge is 0.178 e. The minimum atomic E-state index is -1.39. The highest BCUT2D eigenvalue weighted by Crippen LogP contribution is 2.37. The Kier molecular flexibility index (Phi) is 8.41. The molecule has 0 aliphatic carbocycles. The lowest BCUT2D eigenvalue weighted by Gasteiger charge is -2.42. The molecule has 19 heavy (non-hydrogen) atoms. The predicted octanol–water partition coefficient (Wildman–Crippen LogP) is 5.80. The Morgan fingerprint density at radius 1 is 0.895 bits per heavy atom. The van der Waals surface area contributed by atoms with Gasteiger partial charge in [0.25, 0.3) is 0 Å². The summed E-state index contributed by atoms with van der Waals surface area (Å²) in [6, 6.07) is 5.23. The van der Waals surface area contributed by atoms with E-state index in [0.29, 0.717) is 0 Å². The van der Waals surface area contributed by atoms with Gasteiger partial charge < -0.3 is 4.12 Å². The van der Waals surface area contributed by atoms with Crippen LogP contribution in [0.2, 0.25) is 48.0 Å². The highest BCUT2D eigenvalue weighted by molar-refractivity contribution is 6.92. The second-order valence-electron chi connectivity index (χ2n) is 7.07. The Hall–Kier alpha value is 0.611. The normalized spacial score (nSPS) is 16.7. The van der Waals surface area contributed by atoms with E-state index in [0.717, 1.165) is 10.7 Å². The van der Waals surface area contributed by atoms with Crippen molar-refractivity contribution < 1.29 is 4.12 Å². The molecule has 0 amide bonds. The second kappa shape index (κ2) is 8.15. The molecule has 0 saturated heterocycles. The molecule has 2 atom stereocenters. The molecule has 116 valence electrons. The minimum Gasteiger partial charge on any atom is -0.457 e. The molecule has 0 aliphatic rings. The van der Waals surface area contributed by atoms with Crippen molar-refractivity contribution in [3.63, 3.8) is 0 Å². The Balaban J connectivity index is 5.02. The number of hydrogen-bond acceptors (Lipinski definition) is 1. The zero-order chi connectivity index (χ0) is 15.3. The zero-order valence-electron chi connectivity index (χ0n) is 15.0. The molecule has 0 spiro atoms. The van der Waals surface area contributed by atoms with Gasteiger partial charge in [0.2, 0.25) is 0 Å². The minimum absolute atomic E-state index is 0.869. The van der Waals surface area contributed by atoms with E-state index in [1.54, 1.807) is 0 Å². The summed E-state index contributed by atoms with van der Waals surface area (Å²) in [5.41, 5.74) is 0.869. The van der Waals surface area contributed by atoms with Crippen LogP contribution in [0.15, 0.2) is 0 Å². The third kappa shape index (κ3) is 4.83. The molecule has 0 N–H and O–H groups in total. The van der Waals surface area contributed by atoms with E-state index >= 15 is 0 Å². The molecular formula is C15H38OSi3. The summed E-state index contributed by atoms with van der Waals surface area (Å²) in [4.78, 5) is 0. The largest absolute Gasteiger partial charge is 0.457 e. The van der Waals surface area contributed by atoms with Crippen LogP contribution in [0, 0.1) is 0 Å². The quantitative estimate of drug-likeness (QED) is 0.488. The summed E-state index contributed by atoms with van der Waals surface area (Å²) in [5.74, 6) is 0. The van der Waals surface area contributed by atoms with Gasteiger partial charge >= 0.3 is 0 Å². The molecule has 0 bridgehead atoms. The zero-order valence-corrected chi connectivity index (χ0v) is 18.1. The van der Waals surface area contributed by atoms with Crippen LogP contribution in [0.1, 0.15) is 48.5 Å². The van der Waals surface area contributed by atoms with Gasteiger partial charge in [-0.2, -0.15) is 0 Å². The van der Waals surface area contributed by atoms with Gasteiger partial charge in [-0.25, -0.2) is 0 Å². The molecule has 1 nitrogen and oxygen atoms in total. The standard InChI is InChI=1S/C15H38OSi3/c1-10-17(15(7)18(8,9)14(5)6)16-19(11-2,12-3)13-4/h14-15,17H,10-13H2,1-9H3. The summed E-state index contributed by atoms with van der Waals surface area (Å²) in [6.45, 7) is 22.0. The average Bonchev–Trinajstić information content (AvgIpc) is 2.40. The van der Waals surface area contributed by atoms with Crippen LogP contribution >= 0.6 is 0 Å². The molecule has 4 heteroatoms. The summed E-state index contributed by atoms with van der Waals surface area (Å²) in [6.07, 6.45) is 0. The second-order valence-corrected chi connectivity index (χ2v) is 21.8. The van der Waals surface area contributed by atoms with Gasteiger partial charge in [0.05, 0.1) is 8.07 Å². The SMILES string of the molecule is CC[SiH](O[Si](CC)(CC)CC)C(C)[Si](C)(C)C(C)C. The number of rotatable bonds is 9. The van der Waals surface area contributed by atoms with Gasteiger partial charge in [-0.3, -0.25) is 0 Å². The van der Waals surface area contributed by atoms with Crippen LogP contribution in [0.4, 0.5) is 0 Å². The molecule has 0 aromatic carbocycles. The van der Waals surface area contributed by atoms with Gasteiger partial charge in [0.1, 0.15) is 0 Å². The average molecular weight is 319 g/mol. The molecule has 0 aliphatic heterocycles. The van der Waals surface area contributed by atoms with E-state index in [2.05, 4.69) is 61.6 Å². The van der Waals surface area contributed by atoms with Crippen molar-refractivity contribution in [2.75, 3.05) is 0 Å². The first kappa shape index (κ1) is 19.6. The fraction of sp³-hybridized carbons (Fsp3) is 1.00. The summed E-state index contributed by atoms with van der Waals surface area (Å²) in [7, 11) is -3.58. The van der Waals surface area contributed by atoms with E-state index in [1.165, 1.54) is 24.2 Å². The van der Waals surface area contributed by atoms with Crippen molar-refractivity contribution in [3.05, 3.63) is 0 Å². The molecule has 0 fully saturated rings. The lowest BCUT2D eigenvalue weighted by molar-refractivity contribution is 0.534. The molecule has 0 aromatic rings. The van der Waals surface area contributed by atoms with E-state index < -0.39 is 25.4 Å². The fourth-order valence-corrected chi connectivity index (χ4v) is 18.5. The molecule has 0 rings (SSSR count). The maximum absolute atomic E-state index is 6.95. The van der Waals surface area contributed by atoms with Crippen molar-refractivity contribution in [1.82, 2.24) is 0 Å². The third-order valence-corrected chi connectivity index (χ3v) is 24.0. The maximum Gasteiger partial charge on any atom is 0.178 e. The first-order valence-electron chi connectivity index (χ1n) is 8.38. The Morgan fingerprint density at radius 2 is 1.32 bits per heavy atom. The van der Waals surface area contributed by atoms with E-state index in [4.69, 9.17) is 4.12 Å². The van der Waals surface area contributed by atoms with Crippen molar-refractivity contribution in [1.29, 1.82) is 0 Å². The topological polar surface area (TPSA) is 9.23 Å². The summed E-state index contributed by atoms with van der Waals surface area (Å²) < 4.78 is 6.95. The monoisotopic (exact) mass is 318 g/mol. The Labute approximate surface area is 126 Å². The lowest BCUT2D eigenvalue weighted by Crippen LogP contribution is -2.49. The fourth-order valence-electron chi connectivity index (χ4n) is 2.86. The first-order valence-corrected chi connectivity index (χ1v) is 16.0. The highest BCUT2D eigenvalue weighted by Gasteiger charge is 2.41. The Morgan fingerprint density at radius 3 is 1.58 bits per heavy atom. The molecular weight excluding hydrogens is 280 g/mol. The maximum atomic E-state index is 6.95. The third-order valence-electron chi connectivity index (χ3n) is 5.96. The lowest BCUT2D eigenvalue weighted by atomic mass is 10.6. The predicted molar refractivity (Wildman–Crippen MR) is 97.9 cm³/mol. The van der Waals surface area contributed by atoms with E-state index in [9.17, 15) is 0 Å². The van der Waals surface area contributed by atoms with Crippen LogP contribution in [-0.4, -0.2) is 25.4 Å². The number of hydrogen-bond donors (Lipinski definition) is 0. The van der Waals surface area contributed by atoms with E-state index in [-0.39, 0.29) is 0 Å². The van der Waals surface area contributed by atoms with Crippen LogP contribution in [0.3, 0.4) is 0 Å². The van der Waals surface area contributed by atoms with Crippen molar-refractivity contribution in [3.8, 4) is 0 Å². The van der Waals surface area contributed by atoms with Crippen molar-refractivity contribution in [2.45, 2.75) is 96.4 Å². The highest BCUT2D eigenvalue weighted by atomic mass is 28.4. The van der Waals surface area contributed by atoms with Crippen molar-refractivity contribution in [2.24, 2.45) is 0 Å². The van der Waals surface area contributed by atoms with Crippen molar-refractivity contribution >= 4 is 25.4 Å². The van der Waals surface area contributed by atoms with Gasteiger partial charge in [0, 0.05) is 0 Å². The van der Waals surface area contributed by atoms with E-state index in [1.807, 2.05) is 0 Å². The molecule has 0 radical (unpaired) electrons. The Bertz CT molecular complexity index is 242.